The summed E-state index contributed by atoms with van der Waals surface area (Å²) in [6.45, 7) is 1.84. The third-order valence-corrected chi connectivity index (χ3v) is 2.94. The van der Waals surface area contributed by atoms with Gasteiger partial charge in [0.05, 0.1) is 5.56 Å². The summed E-state index contributed by atoms with van der Waals surface area (Å²) in [4.78, 5) is 27.0. The topological polar surface area (TPSA) is 73.4 Å². The standard InChI is InChI=1S/C11H14N2O3/c1-13-3-2-7(6-13)9-4-8(11(15)16)5-10(14)12-9/h4-5,7H,2-3,6H2,1H3,(H,12,14)(H,15,16). The van der Waals surface area contributed by atoms with Gasteiger partial charge in [0.1, 0.15) is 0 Å². The lowest BCUT2D eigenvalue weighted by molar-refractivity contribution is 0.0696. The highest BCUT2D eigenvalue weighted by atomic mass is 16.4. The number of likely N-dealkylation sites (N-methyl/N-ethyl adjacent to an activating group) is 1. The monoisotopic (exact) mass is 222 g/mol. The first-order valence-corrected chi connectivity index (χ1v) is 5.22. The van der Waals surface area contributed by atoms with Crippen LogP contribution in [-0.2, 0) is 0 Å². The Kier molecular flexibility index (Phi) is 2.78. The lowest BCUT2D eigenvalue weighted by Crippen LogP contribution is -2.17. The quantitative estimate of drug-likeness (QED) is 0.764. The van der Waals surface area contributed by atoms with Crippen LogP contribution in [0.2, 0.25) is 0 Å². The zero-order chi connectivity index (χ0) is 11.7. The molecule has 1 aromatic rings. The molecule has 5 heteroatoms. The molecule has 0 radical (unpaired) electrons. The normalized spacial score (nSPS) is 21.2. The number of aromatic carboxylic acids is 1. The van der Waals surface area contributed by atoms with Crippen molar-refractivity contribution in [3.8, 4) is 0 Å². The number of aromatic amines is 1. The molecule has 0 aliphatic carbocycles. The number of nitrogens with one attached hydrogen (secondary N) is 1. The van der Waals surface area contributed by atoms with Crippen molar-refractivity contribution in [2.45, 2.75) is 12.3 Å². The molecule has 1 unspecified atom stereocenters. The second-order valence-electron chi connectivity index (χ2n) is 4.24. The van der Waals surface area contributed by atoms with E-state index in [1.54, 1.807) is 6.07 Å². The van der Waals surface area contributed by atoms with Gasteiger partial charge in [0.15, 0.2) is 0 Å². The van der Waals surface area contributed by atoms with Crippen LogP contribution in [0, 0.1) is 0 Å². The summed E-state index contributed by atoms with van der Waals surface area (Å²) in [6.07, 6.45) is 0.954. The molecule has 1 aromatic heterocycles. The fourth-order valence-electron chi connectivity index (χ4n) is 2.10. The number of rotatable bonds is 2. The van der Waals surface area contributed by atoms with E-state index < -0.39 is 5.97 Å². The predicted molar refractivity (Wildman–Crippen MR) is 58.9 cm³/mol. The molecule has 1 aliphatic rings. The average Bonchev–Trinajstić information content (AvgIpc) is 2.64. The SMILES string of the molecule is CN1CCC(c2cc(C(=O)O)cc(=O)[nH]2)C1. The number of hydrogen-bond donors (Lipinski definition) is 2. The van der Waals surface area contributed by atoms with Crippen LogP contribution in [0.25, 0.3) is 0 Å². The van der Waals surface area contributed by atoms with Gasteiger partial charge in [-0.25, -0.2) is 4.79 Å². The van der Waals surface area contributed by atoms with Crippen molar-refractivity contribution in [3.05, 3.63) is 33.7 Å². The maximum atomic E-state index is 11.3. The van der Waals surface area contributed by atoms with E-state index in [0.717, 1.165) is 31.3 Å². The van der Waals surface area contributed by atoms with Gasteiger partial charge in [-0.15, -0.1) is 0 Å². The van der Waals surface area contributed by atoms with Gasteiger partial charge in [0.25, 0.3) is 0 Å². The number of likely N-dealkylation sites (tertiary alicyclic amines) is 1. The van der Waals surface area contributed by atoms with Crippen molar-refractivity contribution in [1.29, 1.82) is 0 Å². The van der Waals surface area contributed by atoms with Crippen LogP contribution in [0.4, 0.5) is 0 Å². The first-order chi connectivity index (χ1) is 7.56. The summed E-state index contributed by atoms with van der Waals surface area (Å²) in [6, 6.07) is 2.68. The molecular formula is C11H14N2O3. The van der Waals surface area contributed by atoms with Crippen LogP contribution in [0.3, 0.4) is 0 Å². The van der Waals surface area contributed by atoms with E-state index in [2.05, 4.69) is 9.88 Å². The highest BCUT2D eigenvalue weighted by Crippen LogP contribution is 2.24. The Hall–Kier alpha value is -1.62. The molecule has 1 fully saturated rings. The Balaban J connectivity index is 2.34. The van der Waals surface area contributed by atoms with Crippen LogP contribution in [0.1, 0.15) is 28.4 Å². The number of nitrogens with zero attached hydrogens (tertiary/aromatic N) is 1. The summed E-state index contributed by atoms with van der Waals surface area (Å²) >= 11 is 0. The number of carboxylic acids is 1. The zero-order valence-corrected chi connectivity index (χ0v) is 9.06. The van der Waals surface area contributed by atoms with Gasteiger partial charge < -0.3 is 15.0 Å². The van der Waals surface area contributed by atoms with Crippen molar-refractivity contribution in [2.75, 3.05) is 20.1 Å². The second kappa shape index (κ2) is 4.09. The van der Waals surface area contributed by atoms with E-state index in [1.807, 2.05) is 7.05 Å². The number of hydrogen-bond acceptors (Lipinski definition) is 3. The van der Waals surface area contributed by atoms with Crippen LogP contribution in [0.5, 0.6) is 0 Å². The van der Waals surface area contributed by atoms with Gasteiger partial charge >= 0.3 is 5.97 Å². The molecule has 1 saturated heterocycles. The highest BCUT2D eigenvalue weighted by molar-refractivity contribution is 5.87. The average molecular weight is 222 g/mol. The van der Waals surface area contributed by atoms with Gasteiger partial charge in [-0.3, -0.25) is 4.79 Å². The molecule has 1 aliphatic heterocycles. The van der Waals surface area contributed by atoms with Crippen molar-refractivity contribution >= 4 is 5.97 Å². The van der Waals surface area contributed by atoms with Crippen LogP contribution < -0.4 is 5.56 Å². The van der Waals surface area contributed by atoms with E-state index in [4.69, 9.17) is 5.11 Å². The molecule has 16 heavy (non-hydrogen) atoms. The summed E-state index contributed by atoms with van der Waals surface area (Å²) in [5, 5.41) is 8.87. The molecule has 86 valence electrons. The summed E-state index contributed by atoms with van der Waals surface area (Å²) in [5.41, 5.74) is 0.451. The number of pyridine rings is 1. The van der Waals surface area contributed by atoms with E-state index >= 15 is 0 Å². The Bertz CT molecular complexity index is 467. The van der Waals surface area contributed by atoms with Crippen LogP contribution >= 0.6 is 0 Å². The Morgan fingerprint density at radius 3 is 2.88 bits per heavy atom. The lowest BCUT2D eigenvalue weighted by atomic mass is 10.0. The van der Waals surface area contributed by atoms with Gasteiger partial charge in [0, 0.05) is 24.2 Å². The zero-order valence-electron chi connectivity index (χ0n) is 9.06. The summed E-state index contributed by atoms with van der Waals surface area (Å²) in [7, 11) is 2.01. The lowest BCUT2D eigenvalue weighted by Gasteiger charge is -2.10. The molecular weight excluding hydrogens is 208 g/mol. The second-order valence-corrected chi connectivity index (χ2v) is 4.24. The first-order valence-electron chi connectivity index (χ1n) is 5.22. The van der Waals surface area contributed by atoms with Gasteiger partial charge in [0.2, 0.25) is 5.56 Å². The Morgan fingerprint density at radius 2 is 2.31 bits per heavy atom. The fourth-order valence-corrected chi connectivity index (χ4v) is 2.10. The molecule has 0 amide bonds. The molecule has 0 saturated carbocycles. The fraction of sp³-hybridized carbons (Fsp3) is 0.455. The molecule has 2 N–H and O–H groups in total. The summed E-state index contributed by atoms with van der Waals surface area (Å²) in [5.74, 6) is -0.823. The van der Waals surface area contributed by atoms with Crippen molar-refractivity contribution in [1.82, 2.24) is 9.88 Å². The van der Waals surface area contributed by atoms with Crippen LogP contribution in [0.15, 0.2) is 16.9 Å². The first kappa shape index (κ1) is 10.9. The molecule has 2 heterocycles. The predicted octanol–water partition coefficient (Wildman–Crippen LogP) is 0.492. The number of carboxylic acid groups (broad SMARTS) is 1. The van der Waals surface area contributed by atoms with Gasteiger partial charge in [-0.05, 0) is 26.1 Å². The molecule has 0 bridgehead atoms. The molecule has 1 atom stereocenters. The van der Waals surface area contributed by atoms with Gasteiger partial charge in [-0.2, -0.15) is 0 Å². The Labute approximate surface area is 92.7 Å². The maximum Gasteiger partial charge on any atom is 0.335 e. The molecule has 0 spiro atoms. The third-order valence-electron chi connectivity index (χ3n) is 2.94. The minimum atomic E-state index is -1.06. The van der Waals surface area contributed by atoms with E-state index in [0.29, 0.717) is 0 Å². The van der Waals surface area contributed by atoms with Crippen molar-refractivity contribution < 1.29 is 9.90 Å². The smallest absolute Gasteiger partial charge is 0.335 e. The van der Waals surface area contributed by atoms with E-state index in [-0.39, 0.29) is 17.0 Å². The van der Waals surface area contributed by atoms with E-state index in [9.17, 15) is 9.59 Å². The molecule has 0 aromatic carbocycles. The summed E-state index contributed by atoms with van der Waals surface area (Å²) < 4.78 is 0. The van der Waals surface area contributed by atoms with Gasteiger partial charge in [-0.1, -0.05) is 0 Å². The highest BCUT2D eigenvalue weighted by Gasteiger charge is 2.22. The van der Waals surface area contributed by atoms with Crippen molar-refractivity contribution in [3.63, 3.8) is 0 Å². The number of carbonyl (C=O) groups is 1. The van der Waals surface area contributed by atoms with Crippen molar-refractivity contribution in [2.24, 2.45) is 0 Å². The molecule has 5 nitrogen and oxygen atoms in total. The third kappa shape index (κ3) is 2.14. The minimum Gasteiger partial charge on any atom is -0.478 e. The van der Waals surface area contributed by atoms with Crippen LogP contribution in [-0.4, -0.2) is 41.1 Å². The Morgan fingerprint density at radius 1 is 1.56 bits per heavy atom. The largest absolute Gasteiger partial charge is 0.478 e. The number of aromatic nitrogens is 1. The number of H-pyrrole nitrogens is 1. The molecule has 2 rings (SSSR count). The van der Waals surface area contributed by atoms with E-state index in [1.165, 1.54) is 0 Å². The minimum absolute atomic E-state index is 0.0632. The maximum absolute atomic E-state index is 11.3.